The Morgan fingerprint density at radius 3 is 2.26 bits per heavy atom. The average Bonchev–Trinajstić information content (AvgIpc) is 2.30. The quantitative estimate of drug-likeness (QED) is 0.572. The largest absolute Gasteiger partial charge is 0.481 e. The molecular formula is C13H24N2O4. The summed E-state index contributed by atoms with van der Waals surface area (Å²) in [4.78, 5) is 22.0. The van der Waals surface area contributed by atoms with E-state index in [0.717, 1.165) is 12.8 Å². The van der Waals surface area contributed by atoms with Crippen LogP contribution in [0.25, 0.3) is 0 Å². The second kappa shape index (κ2) is 5.88. The molecule has 6 nitrogen and oxygen atoms in total. The summed E-state index contributed by atoms with van der Waals surface area (Å²) in [6, 6.07) is -1.07. The fraction of sp³-hybridized carbons (Fsp3) is 0.846. The van der Waals surface area contributed by atoms with E-state index in [1.54, 1.807) is 0 Å². The number of amides is 1. The zero-order valence-corrected chi connectivity index (χ0v) is 11.6. The van der Waals surface area contributed by atoms with Gasteiger partial charge in [-0.15, -0.1) is 0 Å². The summed E-state index contributed by atoms with van der Waals surface area (Å²) >= 11 is 0. The van der Waals surface area contributed by atoms with Crippen LogP contribution in [-0.2, 0) is 9.59 Å². The number of nitrogens with one attached hydrogen (secondary N) is 1. The Hall–Kier alpha value is -1.14. The number of carbonyl (C=O) groups is 2. The van der Waals surface area contributed by atoms with Crippen LogP contribution in [0, 0.1) is 5.41 Å². The molecule has 1 saturated carbocycles. The van der Waals surface area contributed by atoms with Crippen molar-refractivity contribution in [2.75, 3.05) is 6.54 Å². The molecular weight excluding hydrogens is 248 g/mol. The Kier molecular flexibility index (Phi) is 4.92. The molecule has 6 heteroatoms. The number of nitrogens with two attached hydrogens (primary N) is 1. The molecule has 0 aromatic carbocycles. The Labute approximate surface area is 113 Å². The first-order valence-electron chi connectivity index (χ1n) is 6.61. The van der Waals surface area contributed by atoms with Gasteiger partial charge < -0.3 is 21.3 Å². The molecule has 110 valence electrons. The number of aliphatic carboxylic acids is 1. The van der Waals surface area contributed by atoms with Crippen LogP contribution >= 0.6 is 0 Å². The van der Waals surface area contributed by atoms with E-state index in [2.05, 4.69) is 19.2 Å². The topological polar surface area (TPSA) is 113 Å². The molecule has 5 N–H and O–H groups in total. The van der Waals surface area contributed by atoms with Crippen molar-refractivity contribution in [1.82, 2.24) is 5.32 Å². The van der Waals surface area contributed by atoms with E-state index in [1.165, 1.54) is 0 Å². The zero-order chi connectivity index (χ0) is 14.7. The van der Waals surface area contributed by atoms with Gasteiger partial charge in [-0.1, -0.05) is 13.8 Å². The number of hydrogen-bond acceptors (Lipinski definition) is 4. The summed E-state index contributed by atoms with van der Waals surface area (Å²) in [7, 11) is 0. The molecule has 0 aliphatic heterocycles. The third kappa shape index (κ3) is 5.16. The van der Waals surface area contributed by atoms with Gasteiger partial charge in [0.1, 0.15) is 0 Å². The van der Waals surface area contributed by atoms with Gasteiger partial charge in [0.25, 0.3) is 0 Å². The minimum absolute atomic E-state index is 0.134. The Bertz CT molecular complexity index is 345. The van der Waals surface area contributed by atoms with Gasteiger partial charge in [0, 0.05) is 6.54 Å². The second-order valence-electron chi connectivity index (χ2n) is 6.31. The van der Waals surface area contributed by atoms with Gasteiger partial charge in [0.2, 0.25) is 5.91 Å². The van der Waals surface area contributed by atoms with Crippen molar-refractivity contribution >= 4 is 11.9 Å². The van der Waals surface area contributed by atoms with Crippen molar-refractivity contribution in [1.29, 1.82) is 0 Å². The number of carbonyl (C=O) groups excluding carboxylic acids is 1. The monoisotopic (exact) mass is 272 g/mol. The van der Waals surface area contributed by atoms with E-state index in [1.807, 2.05) is 0 Å². The molecule has 0 spiro atoms. The molecule has 0 heterocycles. The van der Waals surface area contributed by atoms with Crippen LogP contribution in [0.4, 0.5) is 0 Å². The lowest BCUT2D eigenvalue weighted by Gasteiger charge is -2.40. The van der Waals surface area contributed by atoms with Gasteiger partial charge in [-0.05, 0) is 31.1 Å². The first-order valence-corrected chi connectivity index (χ1v) is 6.61. The van der Waals surface area contributed by atoms with Crippen molar-refractivity contribution in [3.63, 3.8) is 0 Å². The molecule has 1 aliphatic carbocycles. The summed E-state index contributed by atoms with van der Waals surface area (Å²) in [6.07, 6.45) is 2.67. The predicted molar refractivity (Wildman–Crippen MR) is 70.4 cm³/mol. The smallest absolute Gasteiger partial charge is 0.305 e. The fourth-order valence-electron chi connectivity index (χ4n) is 2.23. The van der Waals surface area contributed by atoms with Crippen molar-refractivity contribution in [2.45, 2.75) is 57.6 Å². The predicted octanol–water partition coefficient (Wildman–Crippen LogP) is 0.236. The molecule has 1 atom stereocenters. The Morgan fingerprint density at radius 2 is 1.79 bits per heavy atom. The van der Waals surface area contributed by atoms with Gasteiger partial charge >= 0.3 is 5.97 Å². The molecule has 19 heavy (non-hydrogen) atoms. The number of carboxylic acid groups (broad SMARTS) is 1. The first-order chi connectivity index (χ1) is 8.64. The molecule has 0 saturated heterocycles. The summed E-state index contributed by atoms with van der Waals surface area (Å²) in [5.74, 6) is -1.64. The molecule has 1 aliphatic rings. The van der Waals surface area contributed by atoms with Crippen molar-refractivity contribution < 1.29 is 19.8 Å². The Balaban J connectivity index is 2.40. The van der Waals surface area contributed by atoms with E-state index < -0.39 is 29.9 Å². The lowest BCUT2D eigenvalue weighted by atomic mass is 9.71. The van der Waals surface area contributed by atoms with Crippen molar-refractivity contribution in [2.24, 2.45) is 11.1 Å². The maximum Gasteiger partial charge on any atom is 0.305 e. The maximum atomic E-state index is 11.6. The van der Waals surface area contributed by atoms with E-state index in [4.69, 9.17) is 10.8 Å². The minimum atomic E-state index is -1.11. The Morgan fingerprint density at radius 1 is 1.26 bits per heavy atom. The van der Waals surface area contributed by atoms with Crippen LogP contribution < -0.4 is 11.1 Å². The summed E-state index contributed by atoms with van der Waals surface area (Å²) in [6.45, 7) is 4.46. The fourth-order valence-corrected chi connectivity index (χ4v) is 2.23. The molecule has 0 radical (unpaired) electrons. The molecule has 0 bridgehead atoms. The number of hydrogen-bond donors (Lipinski definition) is 4. The average molecular weight is 272 g/mol. The van der Waals surface area contributed by atoms with E-state index in [-0.39, 0.29) is 12.0 Å². The van der Waals surface area contributed by atoms with E-state index in [9.17, 15) is 14.7 Å². The van der Waals surface area contributed by atoms with Crippen LogP contribution in [0.5, 0.6) is 0 Å². The molecule has 1 amide bonds. The third-order valence-corrected chi connectivity index (χ3v) is 3.86. The zero-order valence-electron chi connectivity index (χ0n) is 11.6. The molecule has 0 aromatic heterocycles. The minimum Gasteiger partial charge on any atom is -0.481 e. The van der Waals surface area contributed by atoms with E-state index in [0.29, 0.717) is 12.8 Å². The van der Waals surface area contributed by atoms with Crippen LogP contribution in [0.2, 0.25) is 0 Å². The van der Waals surface area contributed by atoms with Crippen LogP contribution in [0.3, 0.4) is 0 Å². The lowest BCUT2D eigenvalue weighted by Crippen LogP contribution is -2.50. The molecule has 1 unspecified atom stereocenters. The SMILES string of the molecule is CC1(C)CCC(O)(CNC(=O)C(N)CC(=O)O)CC1. The molecule has 1 rings (SSSR count). The highest BCUT2D eigenvalue weighted by atomic mass is 16.4. The van der Waals surface area contributed by atoms with Crippen molar-refractivity contribution in [3.05, 3.63) is 0 Å². The summed E-state index contributed by atoms with van der Waals surface area (Å²) in [5.41, 5.74) is 4.78. The van der Waals surface area contributed by atoms with Crippen LogP contribution in [0.1, 0.15) is 46.0 Å². The number of carboxylic acids is 1. The van der Waals surface area contributed by atoms with Gasteiger partial charge in [0.05, 0.1) is 18.1 Å². The highest BCUT2D eigenvalue weighted by Gasteiger charge is 2.37. The highest BCUT2D eigenvalue weighted by molar-refractivity contribution is 5.85. The number of rotatable bonds is 5. The van der Waals surface area contributed by atoms with Gasteiger partial charge in [-0.2, -0.15) is 0 Å². The van der Waals surface area contributed by atoms with Crippen molar-refractivity contribution in [3.8, 4) is 0 Å². The number of aliphatic hydroxyl groups is 1. The van der Waals surface area contributed by atoms with Crippen LogP contribution in [-0.4, -0.2) is 40.3 Å². The first kappa shape index (κ1) is 15.9. The highest BCUT2D eigenvalue weighted by Crippen LogP contribution is 2.39. The summed E-state index contributed by atoms with van der Waals surface area (Å²) in [5, 5.41) is 21.4. The molecule has 1 fully saturated rings. The van der Waals surface area contributed by atoms with Gasteiger partial charge in [-0.3, -0.25) is 9.59 Å². The normalized spacial score (nSPS) is 22.5. The second-order valence-corrected chi connectivity index (χ2v) is 6.31. The lowest BCUT2D eigenvalue weighted by molar-refractivity contribution is -0.139. The third-order valence-electron chi connectivity index (χ3n) is 3.86. The van der Waals surface area contributed by atoms with Crippen LogP contribution in [0.15, 0.2) is 0 Å². The van der Waals surface area contributed by atoms with E-state index >= 15 is 0 Å². The molecule has 0 aromatic rings. The maximum absolute atomic E-state index is 11.6. The standard InChI is InChI=1S/C13H24N2O4/c1-12(2)3-5-13(19,6-4-12)8-15-11(18)9(14)7-10(16)17/h9,19H,3-8,14H2,1-2H3,(H,15,18)(H,16,17). The van der Waals surface area contributed by atoms with Gasteiger partial charge in [0.15, 0.2) is 0 Å². The summed E-state index contributed by atoms with van der Waals surface area (Å²) < 4.78 is 0. The van der Waals surface area contributed by atoms with Gasteiger partial charge in [-0.25, -0.2) is 0 Å².